The number of halogens is 1. The van der Waals surface area contributed by atoms with Crippen molar-refractivity contribution in [1.29, 1.82) is 5.41 Å². The van der Waals surface area contributed by atoms with Crippen molar-refractivity contribution in [2.45, 2.75) is 38.4 Å². The molecule has 2 aromatic rings. The molecule has 31 heavy (non-hydrogen) atoms. The number of likely N-dealkylation sites (tertiary alicyclic amines) is 1. The van der Waals surface area contributed by atoms with Gasteiger partial charge in [-0.3, -0.25) is 4.79 Å². The molecular weight excluding hydrogens is 418 g/mol. The molecule has 3 atom stereocenters. The molecule has 0 aliphatic carbocycles. The monoisotopic (exact) mass is 443 g/mol. The standard InChI is InChI=1S/C22H26ClN5O3/c1-12-20(23)13(2)27-21(26-12)15-10-28(11-16(15)24)22(30)14-5-3-4-6-18(14)31-19-7-8-25-9-17(19)29/h3-6,15,17,19,24-25,29H,7-11H2,1-2H3. The number of para-hydroxylation sites is 1. The highest BCUT2D eigenvalue weighted by molar-refractivity contribution is 6.31. The molecule has 4 rings (SSSR count). The minimum absolute atomic E-state index is 0.206. The summed E-state index contributed by atoms with van der Waals surface area (Å²) in [6, 6.07) is 7.05. The summed E-state index contributed by atoms with van der Waals surface area (Å²) in [5.74, 6) is 0.386. The van der Waals surface area contributed by atoms with E-state index in [0.717, 1.165) is 6.54 Å². The van der Waals surface area contributed by atoms with E-state index in [1.165, 1.54) is 0 Å². The van der Waals surface area contributed by atoms with Gasteiger partial charge in [-0.05, 0) is 38.9 Å². The molecule has 0 spiro atoms. The van der Waals surface area contributed by atoms with Gasteiger partial charge in [0.2, 0.25) is 0 Å². The summed E-state index contributed by atoms with van der Waals surface area (Å²) in [6.45, 7) is 5.37. The van der Waals surface area contributed by atoms with Crippen LogP contribution in [0.3, 0.4) is 0 Å². The third-order valence-electron chi connectivity index (χ3n) is 5.77. The smallest absolute Gasteiger partial charge is 0.257 e. The molecule has 2 saturated heterocycles. The molecule has 1 aromatic heterocycles. The van der Waals surface area contributed by atoms with E-state index in [1.807, 2.05) is 19.9 Å². The van der Waals surface area contributed by atoms with Gasteiger partial charge in [-0.2, -0.15) is 0 Å². The Balaban J connectivity index is 1.54. The van der Waals surface area contributed by atoms with Crippen LogP contribution in [0, 0.1) is 19.3 Å². The lowest BCUT2D eigenvalue weighted by molar-refractivity contribution is 0.0155. The van der Waals surface area contributed by atoms with Crippen molar-refractivity contribution >= 4 is 23.2 Å². The summed E-state index contributed by atoms with van der Waals surface area (Å²) >= 11 is 6.18. The Labute approximate surface area is 186 Å². The Bertz CT molecular complexity index is 991. The van der Waals surface area contributed by atoms with Crippen LogP contribution >= 0.6 is 11.6 Å². The number of hydrogen-bond acceptors (Lipinski definition) is 7. The number of ether oxygens (including phenoxy) is 1. The maximum atomic E-state index is 13.3. The number of piperidine rings is 1. The zero-order valence-corrected chi connectivity index (χ0v) is 18.3. The van der Waals surface area contributed by atoms with Gasteiger partial charge in [0.05, 0.1) is 34.4 Å². The van der Waals surface area contributed by atoms with Crippen LogP contribution in [0.1, 0.15) is 39.9 Å². The molecule has 0 saturated carbocycles. The average molecular weight is 444 g/mol. The maximum Gasteiger partial charge on any atom is 0.257 e. The van der Waals surface area contributed by atoms with Gasteiger partial charge in [0.15, 0.2) is 0 Å². The van der Waals surface area contributed by atoms with Crippen LogP contribution in [0.15, 0.2) is 24.3 Å². The van der Waals surface area contributed by atoms with E-state index < -0.39 is 6.10 Å². The maximum absolute atomic E-state index is 13.3. The molecule has 1 amide bonds. The van der Waals surface area contributed by atoms with E-state index >= 15 is 0 Å². The summed E-state index contributed by atoms with van der Waals surface area (Å²) in [4.78, 5) is 23.8. The highest BCUT2D eigenvalue weighted by atomic mass is 35.5. The summed E-state index contributed by atoms with van der Waals surface area (Å²) in [5.41, 5.74) is 2.15. The molecule has 3 unspecified atom stereocenters. The number of aryl methyl sites for hydroxylation is 2. The normalized spacial score (nSPS) is 23.8. The van der Waals surface area contributed by atoms with E-state index in [-0.39, 0.29) is 24.5 Å². The lowest BCUT2D eigenvalue weighted by Gasteiger charge is -2.29. The number of nitrogens with one attached hydrogen (secondary N) is 2. The second-order valence-electron chi connectivity index (χ2n) is 8.04. The van der Waals surface area contributed by atoms with Crippen LogP contribution in [-0.2, 0) is 0 Å². The fraction of sp³-hybridized carbons (Fsp3) is 0.455. The number of rotatable bonds is 4. The van der Waals surface area contributed by atoms with Crippen LogP contribution in [0.2, 0.25) is 5.02 Å². The number of aromatic nitrogens is 2. The molecule has 1 aromatic carbocycles. The lowest BCUT2D eigenvalue weighted by atomic mass is 10.1. The van der Waals surface area contributed by atoms with Crippen molar-refractivity contribution in [3.63, 3.8) is 0 Å². The van der Waals surface area contributed by atoms with Gasteiger partial charge < -0.3 is 25.5 Å². The molecule has 8 nitrogen and oxygen atoms in total. The Morgan fingerprint density at radius 3 is 2.71 bits per heavy atom. The highest BCUT2D eigenvalue weighted by Crippen LogP contribution is 2.29. The molecule has 2 aliphatic heterocycles. The van der Waals surface area contributed by atoms with E-state index in [1.54, 1.807) is 23.1 Å². The fourth-order valence-corrected chi connectivity index (χ4v) is 4.11. The first-order valence-electron chi connectivity index (χ1n) is 10.4. The van der Waals surface area contributed by atoms with Gasteiger partial charge >= 0.3 is 0 Å². The first kappa shape index (κ1) is 21.7. The lowest BCUT2D eigenvalue weighted by Crippen LogP contribution is -2.46. The average Bonchev–Trinajstić information content (AvgIpc) is 3.15. The van der Waals surface area contributed by atoms with E-state index in [4.69, 9.17) is 21.7 Å². The van der Waals surface area contributed by atoms with E-state index in [0.29, 0.717) is 58.8 Å². The number of amides is 1. The van der Waals surface area contributed by atoms with Crippen molar-refractivity contribution in [3.8, 4) is 5.75 Å². The van der Waals surface area contributed by atoms with Gasteiger partial charge in [0.1, 0.15) is 23.8 Å². The molecule has 2 fully saturated rings. The molecule has 2 aliphatic rings. The van der Waals surface area contributed by atoms with E-state index in [2.05, 4.69) is 15.3 Å². The number of nitrogens with zero attached hydrogens (tertiary/aromatic N) is 3. The molecule has 9 heteroatoms. The van der Waals surface area contributed by atoms with Crippen LogP contribution in [0.25, 0.3) is 0 Å². The number of aliphatic hydroxyl groups excluding tert-OH is 1. The van der Waals surface area contributed by atoms with Crippen LogP contribution in [-0.4, -0.2) is 70.0 Å². The number of hydrogen-bond donors (Lipinski definition) is 3. The Hall–Kier alpha value is -2.55. The molecule has 0 radical (unpaired) electrons. The Kier molecular flexibility index (Phi) is 6.22. The van der Waals surface area contributed by atoms with Gasteiger partial charge in [-0.1, -0.05) is 23.7 Å². The molecule has 0 bridgehead atoms. The Morgan fingerprint density at radius 1 is 1.29 bits per heavy atom. The quantitative estimate of drug-likeness (QED) is 0.667. The van der Waals surface area contributed by atoms with Gasteiger partial charge in [-0.15, -0.1) is 0 Å². The third kappa shape index (κ3) is 4.42. The predicted octanol–water partition coefficient (Wildman–Crippen LogP) is 2.11. The topological polar surface area (TPSA) is 111 Å². The summed E-state index contributed by atoms with van der Waals surface area (Å²) < 4.78 is 6.03. The molecule has 3 N–H and O–H groups in total. The molecule has 164 valence electrons. The Morgan fingerprint density at radius 2 is 2.00 bits per heavy atom. The summed E-state index contributed by atoms with van der Waals surface area (Å²) in [5, 5.41) is 22.3. The van der Waals surface area contributed by atoms with Crippen molar-refractivity contribution in [2.24, 2.45) is 0 Å². The number of benzene rings is 1. The molecular formula is C22H26ClN5O3. The third-order valence-corrected chi connectivity index (χ3v) is 6.31. The zero-order chi connectivity index (χ0) is 22.1. The highest BCUT2D eigenvalue weighted by Gasteiger charge is 2.36. The van der Waals surface area contributed by atoms with Gasteiger partial charge in [0.25, 0.3) is 5.91 Å². The summed E-state index contributed by atoms with van der Waals surface area (Å²) in [6.07, 6.45) is -0.338. The first-order valence-corrected chi connectivity index (χ1v) is 10.7. The van der Waals surface area contributed by atoms with Crippen molar-refractivity contribution in [3.05, 3.63) is 52.1 Å². The number of β-amino-alcohol motifs (C(OH)–C–C–N with tert-alkyl or cyclic N) is 1. The SMILES string of the molecule is Cc1nc(C2CN(C(=O)c3ccccc3OC3CCNCC3O)CC2=N)nc(C)c1Cl. The van der Waals surface area contributed by atoms with E-state index in [9.17, 15) is 9.90 Å². The fourth-order valence-electron chi connectivity index (χ4n) is 4.02. The minimum atomic E-state index is -0.630. The number of aliphatic hydroxyl groups is 1. The van der Waals surface area contributed by atoms with Crippen LogP contribution < -0.4 is 10.1 Å². The van der Waals surface area contributed by atoms with Gasteiger partial charge in [0, 0.05) is 18.8 Å². The van der Waals surface area contributed by atoms with Crippen LogP contribution in [0.5, 0.6) is 5.75 Å². The second kappa shape index (κ2) is 8.90. The van der Waals surface area contributed by atoms with Gasteiger partial charge in [-0.25, -0.2) is 9.97 Å². The second-order valence-corrected chi connectivity index (χ2v) is 8.42. The van der Waals surface area contributed by atoms with Crippen molar-refractivity contribution in [1.82, 2.24) is 20.2 Å². The van der Waals surface area contributed by atoms with Crippen LogP contribution in [0.4, 0.5) is 0 Å². The van der Waals surface area contributed by atoms with Crippen molar-refractivity contribution in [2.75, 3.05) is 26.2 Å². The molecule has 3 heterocycles. The summed E-state index contributed by atoms with van der Waals surface area (Å²) in [7, 11) is 0. The minimum Gasteiger partial charge on any atom is -0.487 e. The zero-order valence-electron chi connectivity index (χ0n) is 17.6. The predicted molar refractivity (Wildman–Crippen MR) is 117 cm³/mol. The first-order chi connectivity index (χ1) is 14.8. The number of carbonyl (C=O) groups is 1. The largest absolute Gasteiger partial charge is 0.487 e. The van der Waals surface area contributed by atoms with Crippen molar-refractivity contribution < 1.29 is 14.6 Å². The number of carbonyl (C=O) groups excluding carboxylic acids is 1.